The first-order valence-electron chi connectivity index (χ1n) is 9.19. The number of carbonyl (C=O) groups is 2. The van der Waals surface area contributed by atoms with Crippen LogP contribution in [-0.2, 0) is 4.79 Å². The number of nitriles is 1. The third-order valence-electron chi connectivity index (χ3n) is 5.13. The summed E-state index contributed by atoms with van der Waals surface area (Å²) in [5.74, 6) is 0.213. The molecule has 1 atom stereocenters. The topological polar surface area (TPSA) is 86.1 Å². The van der Waals surface area contributed by atoms with E-state index in [1.807, 2.05) is 17.0 Å². The third kappa shape index (κ3) is 3.68. The molecule has 0 bridgehead atoms. The average molecular weight is 360 g/mol. The monoisotopic (exact) mass is 360 g/mol. The summed E-state index contributed by atoms with van der Waals surface area (Å²) in [5.41, 5.74) is 2.35. The first kappa shape index (κ1) is 17.2. The molecule has 2 amide bonds. The van der Waals surface area contributed by atoms with Gasteiger partial charge in [0.2, 0.25) is 5.91 Å². The average Bonchev–Trinajstić information content (AvgIpc) is 3.48. The molecule has 27 heavy (non-hydrogen) atoms. The van der Waals surface area contributed by atoms with Crippen LogP contribution in [0.1, 0.15) is 35.3 Å². The lowest BCUT2D eigenvalue weighted by atomic mass is 10.0. The first-order valence-corrected chi connectivity index (χ1v) is 9.19. The molecule has 4 rings (SSSR count). The molecule has 6 heteroatoms. The van der Waals surface area contributed by atoms with Crippen molar-refractivity contribution in [3.8, 4) is 17.2 Å². The van der Waals surface area contributed by atoms with Crippen molar-refractivity contribution in [2.45, 2.75) is 25.3 Å². The fourth-order valence-electron chi connectivity index (χ4n) is 3.58. The number of rotatable bonds is 5. The van der Waals surface area contributed by atoms with Crippen LogP contribution >= 0.6 is 0 Å². The van der Waals surface area contributed by atoms with Gasteiger partial charge in [0.15, 0.2) is 0 Å². The number of aromatic nitrogens is 1. The Kier molecular flexibility index (Phi) is 4.59. The van der Waals surface area contributed by atoms with E-state index in [0.717, 1.165) is 24.9 Å². The maximum Gasteiger partial charge on any atom is 0.251 e. The van der Waals surface area contributed by atoms with Crippen LogP contribution in [-0.4, -0.2) is 40.8 Å². The lowest BCUT2D eigenvalue weighted by Crippen LogP contribution is -2.32. The number of pyridine rings is 1. The van der Waals surface area contributed by atoms with Crippen molar-refractivity contribution in [3.63, 3.8) is 0 Å². The highest BCUT2D eigenvalue weighted by Gasteiger charge is 2.39. The Morgan fingerprint density at radius 3 is 2.93 bits per heavy atom. The summed E-state index contributed by atoms with van der Waals surface area (Å²) in [5, 5.41) is 12.2. The van der Waals surface area contributed by atoms with E-state index >= 15 is 0 Å². The molecule has 0 spiro atoms. The van der Waals surface area contributed by atoms with Gasteiger partial charge >= 0.3 is 0 Å². The lowest BCUT2D eigenvalue weighted by Gasteiger charge is -2.15. The van der Waals surface area contributed by atoms with E-state index in [9.17, 15) is 14.9 Å². The summed E-state index contributed by atoms with van der Waals surface area (Å²) in [4.78, 5) is 30.6. The Morgan fingerprint density at radius 1 is 1.30 bits per heavy atom. The fourth-order valence-corrected chi connectivity index (χ4v) is 3.58. The van der Waals surface area contributed by atoms with Gasteiger partial charge in [-0.05, 0) is 42.7 Å². The van der Waals surface area contributed by atoms with Gasteiger partial charge in [0, 0.05) is 48.8 Å². The normalized spacial score (nSPS) is 19.0. The van der Waals surface area contributed by atoms with Crippen LogP contribution in [0.4, 0.5) is 0 Å². The number of carbonyl (C=O) groups excluding carboxylic acids is 2. The molecule has 2 aliphatic rings. The molecular weight excluding hydrogens is 340 g/mol. The minimum absolute atomic E-state index is 0.170. The van der Waals surface area contributed by atoms with E-state index in [1.165, 1.54) is 0 Å². The Labute approximate surface area is 157 Å². The number of benzene rings is 1. The van der Waals surface area contributed by atoms with Crippen LogP contribution in [0.2, 0.25) is 0 Å². The zero-order valence-electron chi connectivity index (χ0n) is 14.9. The standard InChI is InChI=1S/C21H20N4O2/c22-11-19-18(5-2-8-23-19)15-3-1-4-16(10-15)21(27)24-12-14-9-20(26)25(13-14)17-6-7-17/h1-5,8,10,14,17H,6-7,9,12-13H2,(H,24,27)/t14-/m0/s1. The Morgan fingerprint density at radius 2 is 2.15 bits per heavy atom. The van der Waals surface area contributed by atoms with Crippen molar-refractivity contribution < 1.29 is 9.59 Å². The second-order valence-corrected chi connectivity index (χ2v) is 7.15. The van der Waals surface area contributed by atoms with Crippen LogP contribution in [0.15, 0.2) is 42.6 Å². The third-order valence-corrected chi connectivity index (χ3v) is 5.13. The summed E-state index contributed by atoms with van der Waals surface area (Å²) in [6.45, 7) is 1.24. The van der Waals surface area contributed by atoms with E-state index in [0.29, 0.717) is 35.8 Å². The summed E-state index contributed by atoms with van der Waals surface area (Å²) in [6, 6.07) is 13.3. The molecule has 0 unspecified atom stereocenters. The van der Waals surface area contributed by atoms with Crippen molar-refractivity contribution in [2.75, 3.05) is 13.1 Å². The van der Waals surface area contributed by atoms with Crippen LogP contribution < -0.4 is 5.32 Å². The van der Waals surface area contributed by atoms with Gasteiger partial charge < -0.3 is 10.2 Å². The van der Waals surface area contributed by atoms with Gasteiger partial charge in [-0.15, -0.1) is 0 Å². The van der Waals surface area contributed by atoms with Gasteiger partial charge in [-0.25, -0.2) is 4.98 Å². The molecule has 1 aliphatic heterocycles. The molecule has 1 aromatic carbocycles. The van der Waals surface area contributed by atoms with Crippen molar-refractivity contribution in [3.05, 3.63) is 53.9 Å². The van der Waals surface area contributed by atoms with E-state index in [4.69, 9.17) is 0 Å². The summed E-state index contributed by atoms with van der Waals surface area (Å²) in [7, 11) is 0. The molecule has 136 valence electrons. The number of nitrogens with zero attached hydrogens (tertiary/aromatic N) is 3. The minimum atomic E-state index is -0.170. The van der Waals surface area contributed by atoms with Crippen LogP contribution in [0.3, 0.4) is 0 Å². The largest absolute Gasteiger partial charge is 0.352 e. The van der Waals surface area contributed by atoms with Crippen molar-refractivity contribution >= 4 is 11.8 Å². The highest BCUT2D eigenvalue weighted by molar-refractivity contribution is 5.95. The number of likely N-dealkylation sites (tertiary alicyclic amines) is 1. The highest BCUT2D eigenvalue weighted by atomic mass is 16.2. The quantitative estimate of drug-likeness (QED) is 0.887. The van der Waals surface area contributed by atoms with Crippen molar-refractivity contribution in [2.24, 2.45) is 5.92 Å². The maximum atomic E-state index is 12.6. The molecule has 2 aromatic rings. The Hall–Kier alpha value is -3.20. The lowest BCUT2D eigenvalue weighted by molar-refractivity contribution is -0.128. The first-order chi connectivity index (χ1) is 13.2. The number of hydrogen-bond donors (Lipinski definition) is 1. The molecule has 1 N–H and O–H groups in total. The summed E-state index contributed by atoms with van der Waals surface area (Å²) < 4.78 is 0. The summed E-state index contributed by atoms with van der Waals surface area (Å²) >= 11 is 0. The Bertz CT molecular complexity index is 930. The Balaban J connectivity index is 1.42. The molecule has 1 saturated heterocycles. The second kappa shape index (κ2) is 7.20. The molecule has 0 radical (unpaired) electrons. The second-order valence-electron chi connectivity index (χ2n) is 7.15. The van der Waals surface area contributed by atoms with E-state index in [2.05, 4.69) is 16.4 Å². The molecule has 1 aliphatic carbocycles. The zero-order chi connectivity index (χ0) is 18.8. The maximum absolute atomic E-state index is 12.6. The van der Waals surface area contributed by atoms with Crippen molar-refractivity contribution in [1.29, 1.82) is 5.26 Å². The van der Waals surface area contributed by atoms with Gasteiger partial charge in [0.05, 0.1) is 0 Å². The number of nitrogens with one attached hydrogen (secondary N) is 1. The van der Waals surface area contributed by atoms with Gasteiger partial charge in [-0.3, -0.25) is 9.59 Å². The molecule has 6 nitrogen and oxygen atoms in total. The van der Waals surface area contributed by atoms with E-state index in [1.54, 1.807) is 30.5 Å². The highest BCUT2D eigenvalue weighted by Crippen LogP contribution is 2.32. The molecule has 2 heterocycles. The van der Waals surface area contributed by atoms with Crippen LogP contribution in [0, 0.1) is 17.2 Å². The predicted octanol–water partition coefficient (Wildman–Crippen LogP) is 2.36. The molecule has 1 saturated carbocycles. The van der Waals surface area contributed by atoms with Gasteiger partial charge in [0.1, 0.15) is 11.8 Å². The van der Waals surface area contributed by atoms with Crippen LogP contribution in [0.5, 0.6) is 0 Å². The number of amides is 2. The SMILES string of the molecule is N#Cc1ncccc1-c1cccc(C(=O)NC[C@@H]2CC(=O)N(C3CC3)C2)c1. The van der Waals surface area contributed by atoms with E-state index in [-0.39, 0.29) is 17.7 Å². The van der Waals surface area contributed by atoms with E-state index < -0.39 is 0 Å². The van der Waals surface area contributed by atoms with Gasteiger partial charge in [-0.1, -0.05) is 12.1 Å². The smallest absolute Gasteiger partial charge is 0.251 e. The zero-order valence-corrected chi connectivity index (χ0v) is 14.9. The van der Waals surface area contributed by atoms with Crippen LogP contribution in [0.25, 0.3) is 11.1 Å². The molecular formula is C21H20N4O2. The minimum Gasteiger partial charge on any atom is -0.352 e. The molecule has 2 fully saturated rings. The van der Waals surface area contributed by atoms with Gasteiger partial charge in [0.25, 0.3) is 5.91 Å². The number of hydrogen-bond acceptors (Lipinski definition) is 4. The summed E-state index contributed by atoms with van der Waals surface area (Å²) in [6.07, 6.45) is 4.30. The van der Waals surface area contributed by atoms with Crippen molar-refractivity contribution in [1.82, 2.24) is 15.2 Å². The fraction of sp³-hybridized carbons (Fsp3) is 0.333. The predicted molar refractivity (Wildman–Crippen MR) is 99.6 cm³/mol. The van der Waals surface area contributed by atoms with Gasteiger partial charge in [-0.2, -0.15) is 5.26 Å². The molecule has 1 aromatic heterocycles.